The van der Waals surface area contributed by atoms with Crippen molar-refractivity contribution in [1.82, 2.24) is 20.0 Å². The third kappa shape index (κ3) is 4.81. The molecule has 0 spiro atoms. The highest BCUT2D eigenvalue weighted by molar-refractivity contribution is 7.91. The molecular weight excluding hydrogens is 523 g/mol. The van der Waals surface area contributed by atoms with E-state index in [-0.39, 0.29) is 16.0 Å². The Labute approximate surface area is 211 Å². The molecule has 0 aliphatic carbocycles. The van der Waals surface area contributed by atoms with Crippen LogP contribution in [0.4, 0.5) is 0 Å². The Hall–Kier alpha value is -1.97. The van der Waals surface area contributed by atoms with Crippen LogP contribution in [0.15, 0.2) is 47.4 Å². The SMILES string of the molecule is CC(C)(C)c1nnc(-c2nn(-c3ccc(Cl)cc3Cl)c(-c3ccc(Cl)cc3)c2S(C)(=O)=O)s1. The van der Waals surface area contributed by atoms with Crippen molar-refractivity contribution in [2.24, 2.45) is 0 Å². The molecule has 6 nitrogen and oxygen atoms in total. The van der Waals surface area contributed by atoms with Gasteiger partial charge in [0.2, 0.25) is 0 Å². The molecule has 0 bridgehead atoms. The van der Waals surface area contributed by atoms with E-state index in [2.05, 4.69) is 15.3 Å². The molecule has 33 heavy (non-hydrogen) atoms. The van der Waals surface area contributed by atoms with E-state index >= 15 is 0 Å². The van der Waals surface area contributed by atoms with Crippen LogP contribution < -0.4 is 0 Å². The van der Waals surface area contributed by atoms with Crippen LogP contribution in [0.25, 0.3) is 27.6 Å². The van der Waals surface area contributed by atoms with Gasteiger partial charge in [-0.15, -0.1) is 10.2 Å². The minimum absolute atomic E-state index is 0.0347. The zero-order chi connectivity index (χ0) is 24.1. The lowest BCUT2D eigenvalue weighted by Crippen LogP contribution is -2.10. The molecular formula is C22H19Cl3N4O2S2. The molecule has 0 amide bonds. The highest BCUT2D eigenvalue weighted by Gasteiger charge is 2.31. The maximum absolute atomic E-state index is 13.1. The smallest absolute Gasteiger partial charge is 0.180 e. The van der Waals surface area contributed by atoms with Gasteiger partial charge < -0.3 is 0 Å². The Morgan fingerprint density at radius 1 is 0.939 bits per heavy atom. The zero-order valence-corrected chi connectivity index (χ0v) is 22.0. The standard InChI is InChI=1S/C22H19Cl3N4O2S2/c1-22(2,3)21-27-26-20(32-21)17-19(33(4,30)31)18(12-5-7-13(23)8-6-12)29(28-17)16-10-9-14(24)11-15(16)25/h5-11H,1-4H3. The summed E-state index contributed by atoms with van der Waals surface area (Å²) in [5, 5.41) is 15.7. The van der Waals surface area contributed by atoms with Gasteiger partial charge in [0.15, 0.2) is 14.8 Å². The van der Waals surface area contributed by atoms with Crippen LogP contribution in [0.3, 0.4) is 0 Å². The van der Waals surface area contributed by atoms with Crippen LogP contribution >= 0.6 is 46.1 Å². The van der Waals surface area contributed by atoms with Gasteiger partial charge in [-0.2, -0.15) is 5.10 Å². The van der Waals surface area contributed by atoms with E-state index in [1.54, 1.807) is 42.5 Å². The van der Waals surface area contributed by atoms with Crippen molar-refractivity contribution in [2.75, 3.05) is 6.26 Å². The molecule has 11 heteroatoms. The van der Waals surface area contributed by atoms with Crippen molar-refractivity contribution in [3.63, 3.8) is 0 Å². The van der Waals surface area contributed by atoms with Crippen molar-refractivity contribution in [3.05, 3.63) is 62.5 Å². The van der Waals surface area contributed by atoms with Gasteiger partial charge in [0.25, 0.3) is 0 Å². The van der Waals surface area contributed by atoms with Crippen LogP contribution in [0.2, 0.25) is 15.1 Å². The summed E-state index contributed by atoms with van der Waals surface area (Å²) in [6, 6.07) is 11.8. The van der Waals surface area contributed by atoms with E-state index in [9.17, 15) is 8.42 Å². The molecule has 172 valence electrons. The molecule has 0 saturated carbocycles. The van der Waals surface area contributed by atoms with E-state index in [0.29, 0.717) is 37.0 Å². The number of rotatable bonds is 4. The highest BCUT2D eigenvalue weighted by atomic mass is 35.5. The van der Waals surface area contributed by atoms with Gasteiger partial charge in [0.05, 0.1) is 16.4 Å². The zero-order valence-electron chi connectivity index (χ0n) is 18.1. The highest BCUT2D eigenvalue weighted by Crippen LogP contribution is 2.41. The first-order valence-electron chi connectivity index (χ1n) is 9.75. The normalized spacial score (nSPS) is 12.3. The Morgan fingerprint density at radius 2 is 1.58 bits per heavy atom. The molecule has 4 aromatic rings. The van der Waals surface area contributed by atoms with Crippen LogP contribution in [-0.4, -0.2) is 34.7 Å². The van der Waals surface area contributed by atoms with Crippen molar-refractivity contribution in [3.8, 4) is 27.6 Å². The van der Waals surface area contributed by atoms with Gasteiger partial charge >= 0.3 is 0 Å². The summed E-state index contributed by atoms with van der Waals surface area (Å²) in [5.41, 5.74) is 1.39. The van der Waals surface area contributed by atoms with E-state index in [1.807, 2.05) is 20.8 Å². The minimum atomic E-state index is -3.75. The predicted molar refractivity (Wildman–Crippen MR) is 135 cm³/mol. The van der Waals surface area contributed by atoms with Crippen LogP contribution in [0, 0.1) is 0 Å². The molecule has 0 aliphatic heterocycles. The van der Waals surface area contributed by atoms with Gasteiger partial charge in [-0.1, -0.05) is 79.0 Å². The first-order chi connectivity index (χ1) is 15.4. The molecule has 0 atom stereocenters. The van der Waals surface area contributed by atoms with Gasteiger partial charge in [-0.05, 0) is 30.3 Å². The van der Waals surface area contributed by atoms with Crippen LogP contribution in [-0.2, 0) is 15.3 Å². The molecule has 2 aromatic carbocycles. The van der Waals surface area contributed by atoms with Gasteiger partial charge in [0, 0.05) is 27.3 Å². The van der Waals surface area contributed by atoms with Crippen LogP contribution in [0.5, 0.6) is 0 Å². The molecule has 2 aromatic heterocycles. The second-order valence-corrected chi connectivity index (χ2v) is 12.7. The van der Waals surface area contributed by atoms with Gasteiger partial charge in [0.1, 0.15) is 15.6 Å². The number of hydrogen-bond donors (Lipinski definition) is 0. The van der Waals surface area contributed by atoms with Crippen LogP contribution in [0.1, 0.15) is 25.8 Å². The van der Waals surface area contributed by atoms with Gasteiger partial charge in [-0.3, -0.25) is 0 Å². The third-order valence-electron chi connectivity index (χ3n) is 4.74. The Balaban J connectivity index is 2.10. The molecule has 4 rings (SSSR count). The lowest BCUT2D eigenvalue weighted by molar-refractivity contribution is 0.578. The summed E-state index contributed by atoms with van der Waals surface area (Å²) in [7, 11) is -3.75. The van der Waals surface area contributed by atoms with E-state index in [1.165, 1.54) is 16.0 Å². The average Bonchev–Trinajstić information content (AvgIpc) is 3.33. The Morgan fingerprint density at radius 3 is 2.12 bits per heavy atom. The number of nitrogens with zero attached hydrogens (tertiary/aromatic N) is 4. The van der Waals surface area contributed by atoms with Crippen molar-refractivity contribution >= 4 is 56.0 Å². The quantitative estimate of drug-likeness (QED) is 0.287. The van der Waals surface area contributed by atoms with Crippen molar-refractivity contribution in [1.29, 1.82) is 0 Å². The summed E-state index contributed by atoms with van der Waals surface area (Å²) in [4.78, 5) is 0.0347. The summed E-state index contributed by atoms with van der Waals surface area (Å²) in [6.45, 7) is 6.04. The lowest BCUT2D eigenvalue weighted by Gasteiger charge is -2.12. The van der Waals surface area contributed by atoms with Crippen molar-refractivity contribution in [2.45, 2.75) is 31.1 Å². The Bertz CT molecular complexity index is 1450. The first kappa shape index (κ1) is 24.2. The summed E-state index contributed by atoms with van der Waals surface area (Å²) in [5.74, 6) is 0. The molecule has 0 saturated heterocycles. The number of benzene rings is 2. The third-order valence-corrected chi connectivity index (χ3v) is 8.01. The maximum Gasteiger partial charge on any atom is 0.180 e. The fourth-order valence-corrected chi connectivity index (χ4v) is 5.82. The minimum Gasteiger partial charge on any atom is -0.229 e. The fourth-order valence-electron chi connectivity index (χ4n) is 3.21. The maximum atomic E-state index is 13.1. The average molecular weight is 542 g/mol. The largest absolute Gasteiger partial charge is 0.229 e. The van der Waals surface area contributed by atoms with E-state index in [0.717, 1.165) is 11.3 Å². The molecule has 0 N–H and O–H groups in total. The fraction of sp³-hybridized carbons (Fsp3) is 0.227. The summed E-state index contributed by atoms with van der Waals surface area (Å²) < 4.78 is 27.7. The molecule has 0 radical (unpaired) electrons. The molecule has 0 fully saturated rings. The van der Waals surface area contributed by atoms with E-state index < -0.39 is 9.84 Å². The second kappa shape index (κ2) is 8.67. The summed E-state index contributed by atoms with van der Waals surface area (Å²) >= 11 is 20.0. The molecule has 2 heterocycles. The first-order valence-corrected chi connectivity index (χ1v) is 13.6. The number of sulfone groups is 1. The number of aromatic nitrogens is 4. The second-order valence-electron chi connectivity index (χ2n) is 8.48. The predicted octanol–water partition coefficient (Wildman–Crippen LogP) is 6.72. The molecule has 0 aliphatic rings. The van der Waals surface area contributed by atoms with E-state index in [4.69, 9.17) is 34.8 Å². The Kier molecular flexibility index (Phi) is 6.35. The number of halogens is 3. The number of hydrogen-bond acceptors (Lipinski definition) is 6. The lowest BCUT2D eigenvalue weighted by atomic mass is 9.98. The topological polar surface area (TPSA) is 77.7 Å². The van der Waals surface area contributed by atoms with Gasteiger partial charge in [-0.25, -0.2) is 13.1 Å². The summed E-state index contributed by atoms with van der Waals surface area (Å²) in [6.07, 6.45) is 1.15. The molecule has 0 unspecified atom stereocenters. The monoisotopic (exact) mass is 540 g/mol. The van der Waals surface area contributed by atoms with Crippen molar-refractivity contribution < 1.29 is 8.42 Å².